The zero-order chi connectivity index (χ0) is 21.0. The van der Waals surface area contributed by atoms with Gasteiger partial charge in [-0.3, -0.25) is 4.79 Å². The number of aliphatic hydroxyl groups is 2. The van der Waals surface area contributed by atoms with Crippen LogP contribution < -0.4 is 4.74 Å². The van der Waals surface area contributed by atoms with Crippen molar-refractivity contribution in [2.24, 2.45) is 0 Å². The predicted molar refractivity (Wildman–Crippen MR) is 114 cm³/mol. The molecule has 0 aromatic heterocycles. The van der Waals surface area contributed by atoms with Crippen LogP contribution in [-0.4, -0.2) is 22.3 Å². The lowest BCUT2D eigenvalue weighted by Gasteiger charge is -2.41. The smallest absolute Gasteiger partial charge is 0.171 e. The van der Waals surface area contributed by atoms with Crippen LogP contribution in [0.3, 0.4) is 0 Å². The van der Waals surface area contributed by atoms with Crippen LogP contribution in [-0.2, 0) is 5.60 Å². The van der Waals surface area contributed by atoms with E-state index in [1.807, 2.05) is 75.4 Å². The summed E-state index contributed by atoms with van der Waals surface area (Å²) in [5.74, 6) is 0.664. The summed E-state index contributed by atoms with van der Waals surface area (Å²) in [5, 5.41) is 18.4. The zero-order valence-corrected chi connectivity index (χ0v) is 17.2. The number of hydrogen-bond donors (Lipinski definition) is 2. The number of Topliss-reactive ketones (excluding diaryl/α,β-unsaturated/α-hetero) is 1. The summed E-state index contributed by atoms with van der Waals surface area (Å²) >= 11 is 0. The molecule has 1 heterocycles. The molecule has 1 aliphatic heterocycles. The predicted octanol–water partition coefficient (Wildman–Crippen LogP) is 4.92. The lowest BCUT2D eigenvalue weighted by molar-refractivity contribution is 0.00162. The summed E-state index contributed by atoms with van der Waals surface area (Å²) in [5.41, 5.74) is 3.72. The van der Waals surface area contributed by atoms with Crippen molar-refractivity contribution in [3.8, 4) is 5.75 Å². The number of benzene rings is 2. The molecular formula is C25H28O4. The van der Waals surface area contributed by atoms with E-state index in [0.29, 0.717) is 24.2 Å². The van der Waals surface area contributed by atoms with Crippen LogP contribution in [0.25, 0.3) is 0 Å². The number of rotatable bonds is 6. The minimum absolute atomic E-state index is 0.0625. The van der Waals surface area contributed by atoms with Crippen LogP contribution in [0.1, 0.15) is 56.0 Å². The molecule has 0 spiro atoms. The molecule has 2 aromatic rings. The molecule has 0 bridgehead atoms. The van der Waals surface area contributed by atoms with E-state index in [9.17, 15) is 15.0 Å². The van der Waals surface area contributed by atoms with Gasteiger partial charge in [-0.2, -0.15) is 0 Å². The molecule has 152 valence electrons. The van der Waals surface area contributed by atoms with Crippen molar-refractivity contribution in [1.29, 1.82) is 0 Å². The molecule has 29 heavy (non-hydrogen) atoms. The SMILES string of the molecule is CC(=CC(O)O)CCC(=C(C)C)C1(c2ccccc2)CC(=O)c2ccccc2O1. The number of carbonyl (C=O) groups excluding carboxylic acids is 1. The first-order valence-corrected chi connectivity index (χ1v) is 9.90. The number of ketones is 1. The molecule has 1 atom stereocenters. The minimum Gasteiger partial charge on any atom is -0.477 e. The third kappa shape index (κ3) is 4.50. The van der Waals surface area contributed by atoms with Crippen molar-refractivity contribution in [3.63, 3.8) is 0 Å². The Bertz CT molecular complexity index is 936. The van der Waals surface area contributed by atoms with Crippen LogP contribution in [0.5, 0.6) is 5.75 Å². The fourth-order valence-corrected chi connectivity index (χ4v) is 4.06. The van der Waals surface area contributed by atoms with Gasteiger partial charge in [0.15, 0.2) is 17.7 Å². The molecule has 0 fully saturated rings. The number of ether oxygens (including phenoxy) is 1. The second kappa shape index (κ2) is 8.76. The van der Waals surface area contributed by atoms with E-state index in [2.05, 4.69) is 0 Å². The summed E-state index contributed by atoms with van der Waals surface area (Å²) in [6, 6.07) is 17.3. The van der Waals surface area contributed by atoms with Crippen molar-refractivity contribution >= 4 is 5.78 Å². The summed E-state index contributed by atoms with van der Waals surface area (Å²) in [6.07, 6.45) is 1.50. The standard InChI is InChI=1S/C25H28O4/c1-17(2)21(14-13-18(3)15-24(27)28)25(19-9-5-4-6-10-19)16-22(26)20-11-7-8-12-23(20)29-25/h4-12,15,24,27-28H,13-14,16H2,1-3H3. The van der Waals surface area contributed by atoms with Gasteiger partial charge in [-0.25, -0.2) is 0 Å². The van der Waals surface area contributed by atoms with Gasteiger partial charge in [-0.15, -0.1) is 0 Å². The van der Waals surface area contributed by atoms with Crippen LogP contribution >= 0.6 is 0 Å². The van der Waals surface area contributed by atoms with Crippen molar-refractivity contribution in [2.75, 3.05) is 0 Å². The highest BCUT2D eigenvalue weighted by Crippen LogP contribution is 2.46. The van der Waals surface area contributed by atoms with Gasteiger partial charge in [0.05, 0.1) is 12.0 Å². The van der Waals surface area contributed by atoms with Crippen molar-refractivity contribution in [2.45, 2.75) is 51.9 Å². The highest BCUT2D eigenvalue weighted by molar-refractivity contribution is 6.00. The highest BCUT2D eigenvalue weighted by atomic mass is 16.5. The molecule has 0 amide bonds. The van der Waals surface area contributed by atoms with Crippen molar-refractivity contribution in [3.05, 3.63) is 88.5 Å². The highest BCUT2D eigenvalue weighted by Gasteiger charge is 2.45. The van der Waals surface area contributed by atoms with Crippen molar-refractivity contribution < 1.29 is 19.7 Å². The largest absolute Gasteiger partial charge is 0.477 e. The number of aliphatic hydroxyl groups excluding tert-OH is 1. The molecule has 2 aromatic carbocycles. The lowest BCUT2D eigenvalue weighted by Crippen LogP contribution is -2.41. The Balaban J connectivity index is 2.09. The average Bonchev–Trinajstić information content (AvgIpc) is 2.68. The molecule has 0 radical (unpaired) electrons. The molecule has 0 saturated carbocycles. The third-order valence-electron chi connectivity index (χ3n) is 5.42. The number of fused-ring (bicyclic) bond motifs is 1. The maximum absolute atomic E-state index is 13.1. The Kier molecular flexibility index (Phi) is 6.36. The molecule has 3 rings (SSSR count). The Morgan fingerprint density at radius 1 is 1.03 bits per heavy atom. The molecular weight excluding hydrogens is 364 g/mol. The fraction of sp³-hybridized carbons (Fsp3) is 0.320. The van der Waals surface area contributed by atoms with Gasteiger partial charge < -0.3 is 14.9 Å². The number of carbonyl (C=O) groups is 1. The average molecular weight is 392 g/mol. The molecule has 1 aliphatic rings. The van der Waals surface area contributed by atoms with Crippen LogP contribution in [0.2, 0.25) is 0 Å². The van der Waals surface area contributed by atoms with E-state index in [4.69, 9.17) is 4.74 Å². The number of hydrogen-bond acceptors (Lipinski definition) is 4. The maximum atomic E-state index is 13.1. The summed E-state index contributed by atoms with van der Waals surface area (Å²) < 4.78 is 6.62. The summed E-state index contributed by atoms with van der Waals surface area (Å²) in [7, 11) is 0. The van der Waals surface area contributed by atoms with Gasteiger partial charge in [-0.1, -0.05) is 53.6 Å². The molecule has 4 nitrogen and oxygen atoms in total. The maximum Gasteiger partial charge on any atom is 0.171 e. The molecule has 0 aliphatic carbocycles. The third-order valence-corrected chi connectivity index (χ3v) is 5.42. The second-order valence-electron chi connectivity index (χ2n) is 7.80. The Morgan fingerprint density at radius 3 is 2.34 bits per heavy atom. The molecule has 2 N–H and O–H groups in total. The van der Waals surface area contributed by atoms with E-state index in [0.717, 1.165) is 22.3 Å². The monoisotopic (exact) mass is 392 g/mol. The van der Waals surface area contributed by atoms with Crippen LogP contribution in [0.4, 0.5) is 0 Å². The first-order chi connectivity index (χ1) is 13.8. The van der Waals surface area contributed by atoms with E-state index < -0.39 is 11.9 Å². The van der Waals surface area contributed by atoms with E-state index in [1.165, 1.54) is 6.08 Å². The normalized spacial score (nSPS) is 19.0. The van der Waals surface area contributed by atoms with Gasteiger partial charge in [0, 0.05) is 5.56 Å². The zero-order valence-electron chi connectivity index (χ0n) is 17.2. The van der Waals surface area contributed by atoms with E-state index in [1.54, 1.807) is 0 Å². The number of para-hydroxylation sites is 1. The van der Waals surface area contributed by atoms with Gasteiger partial charge in [0.1, 0.15) is 5.75 Å². The van der Waals surface area contributed by atoms with Gasteiger partial charge in [0.25, 0.3) is 0 Å². The summed E-state index contributed by atoms with van der Waals surface area (Å²) in [6.45, 7) is 5.95. The van der Waals surface area contributed by atoms with Crippen LogP contribution in [0, 0.1) is 0 Å². The fourth-order valence-electron chi connectivity index (χ4n) is 4.06. The minimum atomic E-state index is -1.47. The van der Waals surface area contributed by atoms with Crippen molar-refractivity contribution in [1.82, 2.24) is 0 Å². The first-order valence-electron chi connectivity index (χ1n) is 9.90. The van der Waals surface area contributed by atoms with Crippen LogP contribution in [0.15, 0.2) is 77.4 Å². The summed E-state index contributed by atoms with van der Waals surface area (Å²) in [4.78, 5) is 13.1. The van der Waals surface area contributed by atoms with E-state index >= 15 is 0 Å². The molecule has 4 heteroatoms. The number of allylic oxidation sites excluding steroid dienone is 2. The Hall–Kier alpha value is -2.69. The quantitative estimate of drug-likeness (QED) is 0.541. The molecule has 0 saturated heterocycles. The van der Waals surface area contributed by atoms with E-state index in [-0.39, 0.29) is 12.2 Å². The lowest BCUT2D eigenvalue weighted by atomic mass is 9.75. The Labute approximate surface area is 172 Å². The van der Waals surface area contributed by atoms with Gasteiger partial charge in [-0.05, 0) is 57.4 Å². The van der Waals surface area contributed by atoms with Gasteiger partial charge >= 0.3 is 0 Å². The second-order valence-corrected chi connectivity index (χ2v) is 7.80. The molecule has 1 unspecified atom stereocenters. The van der Waals surface area contributed by atoms with Gasteiger partial charge in [0.2, 0.25) is 0 Å². The Morgan fingerprint density at radius 2 is 1.69 bits per heavy atom. The topological polar surface area (TPSA) is 66.8 Å². The first kappa shape index (κ1) is 21.0.